The van der Waals surface area contributed by atoms with Crippen LogP contribution in [0, 0.1) is 0 Å². The molecule has 2 heterocycles. The lowest BCUT2D eigenvalue weighted by molar-refractivity contribution is 0.116. The molecular formula is C19H25N3O. The number of anilines is 1. The summed E-state index contributed by atoms with van der Waals surface area (Å²) in [6, 6.07) is 12.8. The molecule has 4 heteroatoms. The molecule has 1 aliphatic rings. The number of hydrogen-bond acceptors (Lipinski definition) is 4. The fraction of sp³-hybridized carbons (Fsp3) is 0.421. The van der Waals surface area contributed by atoms with Crippen LogP contribution in [0.25, 0.3) is 0 Å². The molecule has 0 saturated heterocycles. The number of fused-ring (bicyclic) bond motifs is 1. The van der Waals surface area contributed by atoms with Crippen LogP contribution in [0.2, 0.25) is 0 Å². The summed E-state index contributed by atoms with van der Waals surface area (Å²) >= 11 is 0. The maximum absolute atomic E-state index is 6.00. The summed E-state index contributed by atoms with van der Waals surface area (Å²) in [4.78, 5) is 4.34. The fourth-order valence-electron chi connectivity index (χ4n) is 2.78. The van der Waals surface area contributed by atoms with Gasteiger partial charge in [0, 0.05) is 18.8 Å². The first-order valence-electron chi connectivity index (χ1n) is 8.21. The maximum Gasteiger partial charge on any atom is 0.143 e. The van der Waals surface area contributed by atoms with E-state index in [4.69, 9.17) is 4.74 Å². The number of aromatic nitrogens is 1. The van der Waals surface area contributed by atoms with Gasteiger partial charge in [0.15, 0.2) is 0 Å². The minimum Gasteiger partial charge on any atom is -0.484 e. The van der Waals surface area contributed by atoms with Crippen molar-refractivity contribution in [3.8, 4) is 5.75 Å². The summed E-state index contributed by atoms with van der Waals surface area (Å²) in [6.07, 6.45) is 2.81. The van der Waals surface area contributed by atoms with Crippen molar-refractivity contribution in [3.05, 3.63) is 53.9 Å². The van der Waals surface area contributed by atoms with E-state index >= 15 is 0 Å². The van der Waals surface area contributed by atoms with Gasteiger partial charge >= 0.3 is 0 Å². The van der Waals surface area contributed by atoms with Crippen LogP contribution in [0.4, 0.5) is 5.69 Å². The first-order chi connectivity index (χ1) is 11.0. The van der Waals surface area contributed by atoms with E-state index < -0.39 is 0 Å². The van der Waals surface area contributed by atoms with Gasteiger partial charge in [-0.15, -0.1) is 0 Å². The zero-order chi connectivity index (χ0) is 16.3. The lowest BCUT2D eigenvalue weighted by Gasteiger charge is -2.33. The Morgan fingerprint density at radius 1 is 1.30 bits per heavy atom. The van der Waals surface area contributed by atoms with Gasteiger partial charge in [-0.05, 0) is 57.0 Å². The molecule has 0 fully saturated rings. The second kappa shape index (κ2) is 6.59. The van der Waals surface area contributed by atoms with E-state index in [0.29, 0.717) is 6.04 Å². The van der Waals surface area contributed by atoms with Crippen LogP contribution >= 0.6 is 0 Å². The SMILES string of the molecule is CC(Cc1ccc2c(c1)NCC(C)(C)O2)NCc1ccccn1. The van der Waals surface area contributed by atoms with Crippen molar-refractivity contribution < 1.29 is 4.74 Å². The average Bonchev–Trinajstić information content (AvgIpc) is 2.53. The molecule has 2 aromatic rings. The van der Waals surface area contributed by atoms with Crippen LogP contribution in [0.1, 0.15) is 32.0 Å². The van der Waals surface area contributed by atoms with E-state index in [1.165, 1.54) is 5.56 Å². The third-order valence-electron chi connectivity index (χ3n) is 4.03. The highest BCUT2D eigenvalue weighted by Gasteiger charge is 2.26. The Hall–Kier alpha value is -2.07. The number of rotatable bonds is 5. The van der Waals surface area contributed by atoms with E-state index in [1.807, 2.05) is 24.4 Å². The Labute approximate surface area is 138 Å². The molecule has 2 N–H and O–H groups in total. The molecule has 0 amide bonds. The van der Waals surface area contributed by atoms with E-state index in [0.717, 1.165) is 36.6 Å². The van der Waals surface area contributed by atoms with E-state index in [9.17, 15) is 0 Å². The van der Waals surface area contributed by atoms with Gasteiger partial charge in [0.2, 0.25) is 0 Å². The second-order valence-electron chi connectivity index (χ2n) is 6.85. The molecule has 3 rings (SSSR count). The van der Waals surface area contributed by atoms with Crippen LogP contribution in [0.5, 0.6) is 5.75 Å². The number of hydrogen-bond donors (Lipinski definition) is 2. The normalized spacial score (nSPS) is 16.8. The fourth-order valence-corrected chi connectivity index (χ4v) is 2.78. The highest BCUT2D eigenvalue weighted by Crippen LogP contribution is 2.33. The molecule has 0 bridgehead atoms. The summed E-state index contributed by atoms with van der Waals surface area (Å²) in [7, 11) is 0. The largest absolute Gasteiger partial charge is 0.484 e. The van der Waals surface area contributed by atoms with Crippen molar-refractivity contribution in [1.82, 2.24) is 10.3 Å². The van der Waals surface area contributed by atoms with E-state index in [2.05, 4.69) is 54.6 Å². The highest BCUT2D eigenvalue weighted by molar-refractivity contribution is 5.60. The van der Waals surface area contributed by atoms with Crippen LogP contribution in [-0.2, 0) is 13.0 Å². The quantitative estimate of drug-likeness (QED) is 0.888. The van der Waals surface area contributed by atoms with Crippen LogP contribution < -0.4 is 15.4 Å². The molecule has 0 aliphatic carbocycles. The zero-order valence-electron chi connectivity index (χ0n) is 14.1. The Balaban J connectivity index is 1.58. The third-order valence-corrected chi connectivity index (χ3v) is 4.03. The third kappa shape index (κ3) is 4.23. The molecule has 122 valence electrons. The van der Waals surface area contributed by atoms with Crippen LogP contribution in [0.15, 0.2) is 42.6 Å². The Kier molecular flexibility index (Phi) is 4.53. The smallest absolute Gasteiger partial charge is 0.143 e. The van der Waals surface area contributed by atoms with Crippen molar-refractivity contribution in [2.45, 2.75) is 45.4 Å². The molecule has 0 spiro atoms. The number of nitrogens with one attached hydrogen (secondary N) is 2. The topological polar surface area (TPSA) is 46.2 Å². The van der Waals surface area contributed by atoms with E-state index in [1.54, 1.807) is 0 Å². The zero-order valence-corrected chi connectivity index (χ0v) is 14.1. The molecule has 1 aliphatic heterocycles. The summed E-state index contributed by atoms with van der Waals surface area (Å²) < 4.78 is 6.00. The second-order valence-corrected chi connectivity index (χ2v) is 6.85. The number of ether oxygens (including phenoxy) is 1. The van der Waals surface area contributed by atoms with Crippen molar-refractivity contribution >= 4 is 5.69 Å². The van der Waals surface area contributed by atoms with Gasteiger partial charge in [-0.2, -0.15) is 0 Å². The molecule has 4 nitrogen and oxygen atoms in total. The van der Waals surface area contributed by atoms with Gasteiger partial charge in [-0.3, -0.25) is 4.98 Å². The summed E-state index contributed by atoms with van der Waals surface area (Å²) in [6.45, 7) is 8.02. The van der Waals surface area contributed by atoms with E-state index in [-0.39, 0.29) is 5.60 Å². The minimum absolute atomic E-state index is 0.147. The predicted octanol–water partition coefficient (Wildman–Crippen LogP) is 3.39. The van der Waals surface area contributed by atoms with Crippen molar-refractivity contribution in [1.29, 1.82) is 0 Å². The molecule has 1 atom stereocenters. The number of pyridine rings is 1. The highest BCUT2D eigenvalue weighted by atomic mass is 16.5. The minimum atomic E-state index is -0.147. The lowest BCUT2D eigenvalue weighted by Crippen LogP contribution is -2.40. The average molecular weight is 311 g/mol. The summed E-state index contributed by atoms with van der Waals surface area (Å²) in [5, 5.41) is 7.00. The number of benzene rings is 1. The van der Waals surface area contributed by atoms with Gasteiger partial charge in [-0.1, -0.05) is 12.1 Å². The van der Waals surface area contributed by atoms with Crippen molar-refractivity contribution in [2.75, 3.05) is 11.9 Å². The molecule has 23 heavy (non-hydrogen) atoms. The summed E-state index contributed by atoms with van der Waals surface area (Å²) in [5.41, 5.74) is 3.33. The predicted molar refractivity (Wildman–Crippen MR) is 93.9 cm³/mol. The lowest BCUT2D eigenvalue weighted by atomic mass is 10.0. The molecule has 1 unspecified atom stereocenters. The van der Waals surface area contributed by atoms with Gasteiger partial charge in [0.05, 0.1) is 17.9 Å². The first kappa shape index (κ1) is 15.8. The molecule has 1 aromatic heterocycles. The molecule has 0 saturated carbocycles. The monoisotopic (exact) mass is 311 g/mol. The summed E-state index contributed by atoms with van der Waals surface area (Å²) in [5.74, 6) is 0.944. The maximum atomic E-state index is 6.00. The molecule has 1 aromatic carbocycles. The Morgan fingerprint density at radius 2 is 2.17 bits per heavy atom. The first-order valence-corrected chi connectivity index (χ1v) is 8.21. The van der Waals surface area contributed by atoms with Gasteiger partial charge < -0.3 is 15.4 Å². The Morgan fingerprint density at radius 3 is 2.96 bits per heavy atom. The molecular weight excluding hydrogens is 286 g/mol. The van der Waals surface area contributed by atoms with Crippen molar-refractivity contribution in [2.24, 2.45) is 0 Å². The van der Waals surface area contributed by atoms with Crippen molar-refractivity contribution in [3.63, 3.8) is 0 Å². The van der Waals surface area contributed by atoms with Gasteiger partial charge in [-0.25, -0.2) is 0 Å². The van der Waals surface area contributed by atoms with Gasteiger partial charge in [0.1, 0.15) is 11.4 Å². The standard InChI is InChI=1S/C19H25N3O/c1-14(21-12-16-6-4-5-9-20-16)10-15-7-8-18-17(11-15)22-13-19(2,3)23-18/h4-9,11,14,21-22H,10,12-13H2,1-3H3. The Bertz CT molecular complexity index is 655. The number of nitrogens with zero attached hydrogens (tertiary/aromatic N) is 1. The van der Waals surface area contributed by atoms with Gasteiger partial charge in [0.25, 0.3) is 0 Å². The van der Waals surface area contributed by atoms with Crippen LogP contribution in [0.3, 0.4) is 0 Å². The molecule has 0 radical (unpaired) electrons. The van der Waals surface area contributed by atoms with Crippen LogP contribution in [-0.4, -0.2) is 23.2 Å².